The zero-order valence-corrected chi connectivity index (χ0v) is 11.0. The summed E-state index contributed by atoms with van der Waals surface area (Å²) in [5.41, 5.74) is 2.22. The van der Waals surface area contributed by atoms with Crippen molar-refractivity contribution < 1.29 is 15.0 Å². The van der Waals surface area contributed by atoms with Gasteiger partial charge in [0.2, 0.25) is 0 Å². The van der Waals surface area contributed by atoms with E-state index in [0.717, 1.165) is 9.69 Å². The maximum Gasteiger partial charge on any atom is 0.346 e. The number of fused-ring (bicyclic) bond motifs is 2. The van der Waals surface area contributed by atoms with E-state index in [4.69, 9.17) is 9.88 Å². The highest BCUT2D eigenvalue weighted by atomic mass is 17.1. The normalized spacial score (nSPS) is 10.9. The lowest BCUT2D eigenvalue weighted by Gasteiger charge is -1.95. The number of benzene rings is 2. The molecule has 4 aromatic rings. The molecule has 4 rings (SSSR count). The Labute approximate surface area is 121 Å². The van der Waals surface area contributed by atoms with Crippen molar-refractivity contribution in [2.24, 2.45) is 0 Å². The molecule has 10 nitrogen and oxygen atoms in total. The van der Waals surface area contributed by atoms with Crippen LogP contribution in [0, 0.1) is 4.91 Å². The van der Waals surface area contributed by atoms with E-state index < -0.39 is 0 Å². The maximum absolute atomic E-state index is 11.8. The molecular formula is C12H8N7O3+. The van der Waals surface area contributed by atoms with E-state index in [-0.39, 0.29) is 5.09 Å². The summed E-state index contributed by atoms with van der Waals surface area (Å²) in [6, 6.07) is 14.0. The summed E-state index contributed by atoms with van der Waals surface area (Å²) in [4.78, 5) is 23.5. The van der Waals surface area contributed by atoms with E-state index in [9.17, 15) is 4.91 Å². The van der Waals surface area contributed by atoms with Gasteiger partial charge in [-0.25, -0.2) is 0 Å². The van der Waals surface area contributed by atoms with Crippen LogP contribution in [0.3, 0.4) is 0 Å². The molecular weight excluding hydrogens is 290 g/mol. The quantitative estimate of drug-likeness (QED) is 0.501. The summed E-state index contributed by atoms with van der Waals surface area (Å²) >= 11 is 0. The van der Waals surface area contributed by atoms with Crippen LogP contribution in [0.2, 0.25) is 0 Å². The maximum atomic E-state index is 11.8. The van der Waals surface area contributed by atoms with E-state index in [1.54, 1.807) is 48.5 Å². The average Bonchev–Trinajstić information content (AvgIpc) is 3.13. The van der Waals surface area contributed by atoms with Gasteiger partial charge in [-0.1, -0.05) is 34.1 Å². The van der Waals surface area contributed by atoms with Gasteiger partial charge in [-0.15, -0.1) is 10.2 Å². The van der Waals surface area contributed by atoms with Crippen LogP contribution >= 0.6 is 0 Å². The third-order valence-electron chi connectivity index (χ3n) is 2.93. The van der Waals surface area contributed by atoms with Crippen molar-refractivity contribution in [1.82, 2.24) is 30.3 Å². The molecule has 0 amide bonds. The zero-order chi connectivity index (χ0) is 14.9. The van der Waals surface area contributed by atoms with Gasteiger partial charge in [0.15, 0.2) is 11.0 Å². The van der Waals surface area contributed by atoms with Crippen LogP contribution in [0.1, 0.15) is 0 Å². The summed E-state index contributed by atoms with van der Waals surface area (Å²) in [5.74, 6) is 0. The molecule has 0 unspecified atom stereocenters. The topological polar surface area (TPSA) is 100.0 Å². The lowest BCUT2D eigenvalue weighted by Crippen LogP contribution is -2.32. The van der Waals surface area contributed by atoms with Crippen molar-refractivity contribution in [2.75, 3.05) is 0 Å². The van der Waals surface area contributed by atoms with Crippen LogP contribution in [-0.2, 0) is 0 Å². The highest BCUT2D eigenvalue weighted by Gasteiger charge is 2.19. The molecule has 0 spiro atoms. The molecule has 10 heteroatoms. The van der Waals surface area contributed by atoms with Gasteiger partial charge in [0, 0.05) is 10.4 Å². The molecule has 0 atom stereocenters. The van der Waals surface area contributed by atoms with Gasteiger partial charge in [-0.3, -0.25) is 0 Å². The molecule has 108 valence electrons. The first-order valence-electron chi connectivity index (χ1n) is 6.26. The summed E-state index contributed by atoms with van der Waals surface area (Å²) in [6.45, 7) is 0. The van der Waals surface area contributed by atoms with E-state index in [1.165, 1.54) is 0 Å². The third-order valence-corrected chi connectivity index (χ3v) is 2.93. The van der Waals surface area contributed by atoms with Crippen LogP contribution in [0.5, 0.6) is 0 Å². The first kappa shape index (κ1) is 12.2. The summed E-state index contributed by atoms with van der Waals surface area (Å²) in [5, 5.41) is 15.0. The Morgan fingerprint density at radius 1 is 0.773 bits per heavy atom. The van der Waals surface area contributed by atoms with Crippen LogP contribution < -0.4 is 9.88 Å². The number of hydrogen-bond donors (Lipinski definition) is 0. The fraction of sp³-hybridized carbons (Fsp3) is 0. The monoisotopic (exact) mass is 298 g/mol. The first-order chi connectivity index (χ1) is 10.8. The molecule has 0 aliphatic carbocycles. The largest absolute Gasteiger partial charge is 0.346 e. The molecule has 2 heterocycles. The van der Waals surface area contributed by atoms with Crippen LogP contribution in [0.25, 0.3) is 22.1 Å². The predicted molar refractivity (Wildman–Crippen MR) is 71.8 cm³/mol. The van der Waals surface area contributed by atoms with Gasteiger partial charge < -0.3 is 0 Å². The standard InChI is InChI=1S/C12H8N7O3/c20-19(21-17-11-7-3-1-5-9(11)13-15-17)22-18-12-8-4-2-6-10(12)14-16-18/h1-8H/q+1. The number of para-hydroxylation sites is 2. The van der Waals surface area contributed by atoms with Gasteiger partial charge in [-0.2, -0.15) is 0 Å². The Morgan fingerprint density at radius 3 is 1.73 bits per heavy atom. The Kier molecular flexibility index (Phi) is 2.64. The number of aromatic nitrogens is 6. The van der Waals surface area contributed by atoms with Crippen LogP contribution in [-0.4, -0.2) is 35.4 Å². The van der Waals surface area contributed by atoms with Gasteiger partial charge in [-0.05, 0) is 29.2 Å². The van der Waals surface area contributed by atoms with Gasteiger partial charge >= 0.3 is 5.09 Å². The van der Waals surface area contributed by atoms with Crippen molar-refractivity contribution in [2.45, 2.75) is 0 Å². The highest BCUT2D eigenvalue weighted by molar-refractivity contribution is 5.73. The fourth-order valence-corrected chi connectivity index (χ4v) is 1.96. The molecule has 0 N–H and O–H groups in total. The summed E-state index contributed by atoms with van der Waals surface area (Å²) in [6.07, 6.45) is 0. The summed E-state index contributed by atoms with van der Waals surface area (Å²) in [7, 11) is 0. The van der Waals surface area contributed by atoms with Crippen molar-refractivity contribution in [3.8, 4) is 0 Å². The molecule has 2 aromatic carbocycles. The van der Waals surface area contributed by atoms with Gasteiger partial charge in [0.25, 0.3) is 0 Å². The first-order valence-corrected chi connectivity index (χ1v) is 6.26. The Hall–Kier alpha value is -3.56. The second-order valence-corrected chi connectivity index (χ2v) is 4.29. The lowest BCUT2D eigenvalue weighted by atomic mass is 10.3. The second-order valence-electron chi connectivity index (χ2n) is 4.29. The fourth-order valence-electron chi connectivity index (χ4n) is 1.96. The number of hydrogen-bond acceptors (Lipinski definition) is 7. The minimum Gasteiger partial charge on any atom is -0.112 e. The van der Waals surface area contributed by atoms with Gasteiger partial charge in [0.1, 0.15) is 11.0 Å². The van der Waals surface area contributed by atoms with Gasteiger partial charge in [0.05, 0.1) is 9.69 Å². The molecule has 0 saturated heterocycles. The minimum atomic E-state index is -0.137. The number of rotatable bonds is 4. The van der Waals surface area contributed by atoms with Crippen LogP contribution in [0.15, 0.2) is 48.5 Å². The highest BCUT2D eigenvalue weighted by Crippen LogP contribution is 2.09. The molecule has 0 aliphatic rings. The van der Waals surface area contributed by atoms with E-state index in [2.05, 4.69) is 20.6 Å². The smallest absolute Gasteiger partial charge is 0.112 e. The van der Waals surface area contributed by atoms with Crippen LogP contribution in [0.4, 0.5) is 0 Å². The molecule has 0 saturated carbocycles. The van der Waals surface area contributed by atoms with Crippen molar-refractivity contribution in [3.05, 3.63) is 53.4 Å². The third kappa shape index (κ3) is 1.98. The molecule has 0 radical (unpaired) electrons. The van der Waals surface area contributed by atoms with Crippen molar-refractivity contribution >= 4 is 22.1 Å². The predicted octanol–water partition coefficient (Wildman–Crippen LogP) is 0.342. The minimum absolute atomic E-state index is 0.137. The number of nitrogens with zero attached hydrogens (tertiary/aromatic N) is 7. The van der Waals surface area contributed by atoms with E-state index in [1.807, 2.05) is 0 Å². The average molecular weight is 298 g/mol. The Balaban J connectivity index is 1.58. The molecule has 0 fully saturated rings. The lowest BCUT2D eigenvalue weighted by molar-refractivity contribution is -0.968. The van der Waals surface area contributed by atoms with E-state index in [0.29, 0.717) is 22.1 Å². The van der Waals surface area contributed by atoms with E-state index >= 15 is 0 Å². The zero-order valence-electron chi connectivity index (χ0n) is 11.0. The van der Waals surface area contributed by atoms with Crippen molar-refractivity contribution in [3.63, 3.8) is 0 Å². The SMILES string of the molecule is O=[N+](On1nnc2ccccc21)On1nnc2ccccc21. The summed E-state index contributed by atoms with van der Waals surface area (Å²) < 4.78 is 0. The van der Waals surface area contributed by atoms with Crippen molar-refractivity contribution in [1.29, 1.82) is 0 Å². The second kappa shape index (κ2) is 4.77. The molecule has 0 bridgehead atoms. The Morgan fingerprint density at radius 2 is 1.23 bits per heavy atom. The molecule has 2 aromatic heterocycles. The molecule has 22 heavy (non-hydrogen) atoms. The molecule has 0 aliphatic heterocycles. The Bertz CT molecular complexity index is 899.